The highest BCUT2D eigenvalue weighted by molar-refractivity contribution is 5.36. The van der Waals surface area contributed by atoms with Gasteiger partial charge in [-0.05, 0) is 18.4 Å². The number of ether oxygens (including phenoxy) is 1. The Bertz CT molecular complexity index is 831. The summed E-state index contributed by atoms with van der Waals surface area (Å²) < 4.78 is 34.2. The van der Waals surface area contributed by atoms with Crippen LogP contribution in [-0.2, 0) is 11.3 Å². The number of hydrogen-bond acceptors (Lipinski definition) is 4. The fraction of sp³-hybridized carbons (Fsp3) is 0.400. The minimum absolute atomic E-state index is 0.0489. The van der Waals surface area contributed by atoms with Gasteiger partial charge in [0.15, 0.2) is 0 Å². The monoisotopic (exact) mass is 374 g/mol. The molecule has 2 fully saturated rings. The molecule has 0 aromatic heterocycles. The van der Waals surface area contributed by atoms with Crippen molar-refractivity contribution in [1.82, 2.24) is 4.90 Å². The quantitative estimate of drug-likeness (QED) is 0.594. The normalized spacial score (nSPS) is 21.8. The van der Waals surface area contributed by atoms with Gasteiger partial charge in [-0.1, -0.05) is 30.3 Å². The third-order valence-corrected chi connectivity index (χ3v) is 5.76. The van der Waals surface area contributed by atoms with Gasteiger partial charge in [0.25, 0.3) is 5.69 Å². The van der Waals surface area contributed by atoms with Crippen LogP contribution in [0, 0.1) is 27.2 Å². The van der Waals surface area contributed by atoms with Crippen LogP contribution in [0.5, 0.6) is 0 Å². The first-order chi connectivity index (χ1) is 13.0. The van der Waals surface area contributed by atoms with Gasteiger partial charge < -0.3 is 4.74 Å². The summed E-state index contributed by atoms with van der Waals surface area (Å²) in [5.41, 5.74) is 0.475. The van der Waals surface area contributed by atoms with Crippen LogP contribution in [0.1, 0.15) is 30.0 Å². The van der Waals surface area contributed by atoms with Crippen molar-refractivity contribution in [2.45, 2.75) is 25.4 Å². The Morgan fingerprint density at radius 1 is 1.15 bits per heavy atom. The second kappa shape index (κ2) is 6.98. The second-order valence-electron chi connectivity index (χ2n) is 7.34. The van der Waals surface area contributed by atoms with E-state index in [0.717, 1.165) is 37.1 Å². The molecule has 0 radical (unpaired) electrons. The molecular weight excluding hydrogens is 354 g/mol. The van der Waals surface area contributed by atoms with E-state index < -0.39 is 22.2 Å². The molecular formula is C20H20F2N2O3. The summed E-state index contributed by atoms with van der Waals surface area (Å²) in [6.45, 7) is 2.19. The molecule has 1 unspecified atom stereocenters. The van der Waals surface area contributed by atoms with E-state index in [2.05, 4.69) is 0 Å². The molecule has 0 N–H and O–H groups in total. The number of rotatable bonds is 4. The summed E-state index contributed by atoms with van der Waals surface area (Å²) >= 11 is 0. The van der Waals surface area contributed by atoms with Crippen LogP contribution in [-0.4, -0.2) is 29.6 Å². The van der Waals surface area contributed by atoms with Crippen LogP contribution >= 0.6 is 0 Å². The third-order valence-electron chi connectivity index (χ3n) is 5.76. The molecule has 2 aromatic carbocycles. The number of nitrogens with zero attached hydrogens (tertiary/aromatic N) is 2. The minimum Gasteiger partial charge on any atom is -0.381 e. The van der Waals surface area contributed by atoms with Gasteiger partial charge >= 0.3 is 0 Å². The number of hydrogen-bond donors (Lipinski definition) is 0. The minimum atomic E-state index is -0.874. The summed E-state index contributed by atoms with van der Waals surface area (Å²) in [5.74, 6) is -1.75. The van der Waals surface area contributed by atoms with E-state index in [1.165, 1.54) is 0 Å². The molecule has 0 saturated carbocycles. The van der Waals surface area contributed by atoms with Crippen LogP contribution in [0.3, 0.4) is 0 Å². The van der Waals surface area contributed by atoms with Crippen molar-refractivity contribution in [3.63, 3.8) is 0 Å². The molecule has 2 heterocycles. The molecule has 0 aliphatic carbocycles. The lowest BCUT2D eigenvalue weighted by atomic mass is 9.64. The van der Waals surface area contributed by atoms with E-state index in [1.54, 1.807) is 0 Å². The average molecular weight is 374 g/mol. The van der Waals surface area contributed by atoms with Gasteiger partial charge in [0.2, 0.25) is 0 Å². The van der Waals surface area contributed by atoms with Gasteiger partial charge in [-0.15, -0.1) is 0 Å². The summed E-state index contributed by atoms with van der Waals surface area (Å²) in [6.07, 6.45) is 1.82. The molecule has 4 rings (SSSR count). The Kier molecular flexibility index (Phi) is 4.65. The predicted molar refractivity (Wildman–Crippen MR) is 95.1 cm³/mol. The molecule has 142 valence electrons. The number of likely N-dealkylation sites (tertiary alicyclic amines) is 1. The smallest absolute Gasteiger partial charge is 0.275 e. The first-order valence-corrected chi connectivity index (χ1v) is 8.99. The number of halogens is 2. The topological polar surface area (TPSA) is 55.6 Å². The Hall–Kier alpha value is -2.38. The summed E-state index contributed by atoms with van der Waals surface area (Å²) in [4.78, 5) is 12.1. The number of non-ortho nitro benzene ring substituents is 1. The first kappa shape index (κ1) is 18.0. The Balaban J connectivity index is 1.63. The van der Waals surface area contributed by atoms with E-state index in [0.29, 0.717) is 13.2 Å². The lowest BCUT2D eigenvalue weighted by molar-refractivity contribution is -0.385. The van der Waals surface area contributed by atoms with Crippen LogP contribution in [0.2, 0.25) is 0 Å². The van der Waals surface area contributed by atoms with Crippen molar-refractivity contribution < 1.29 is 18.4 Å². The largest absolute Gasteiger partial charge is 0.381 e. The van der Waals surface area contributed by atoms with Gasteiger partial charge in [-0.25, -0.2) is 8.78 Å². The average Bonchev–Trinajstić information content (AvgIpc) is 2.65. The van der Waals surface area contributed by atoms with Crippen LogP contribution < -0.4 is 0 Å². The van der Waals surface area contributed by atoms with Crippen LogP contribution in [0.25, 0.3) is 0 Å². The maximum Gasteiger partial charge on any atom is 0.275 e. The molecule has 0 bridgehead atoms. The fourth-order valence-corrected chi connectivity index (χ4v) is 4.46. The number of benzene rings is 2. The SMILES string of the molecule is O=[N+]([O-])c1cc(F)c(CN2CC3(CCOCC3)C2c2ccccc2)c(F)c1. The van der Waals surface area contributed by atoms with E-state index in [1.807, 2.05) is 35.2 Å². The molecule has 2 aliphatic rings. The van der Waals surface area contributed by atoms with Crippen LogP contribution in [0.15, 0.2) is 42.5 Å². The van der Waals surface area contributed by atoms with Gasteiger partial charge in [0.05, 0.1) is 17.1 Å². The Morgan fingerprint density at radius 3 is 2.37 bits per heavy atom. The van der Waals surface area contributed by atoms with E-state index in [4.69, 9.17) is 4.74 Å². The highest BCUT2D eigenvalue weighted by atomic mass is 19.1. The first-order valence-electron chi connectivity index (χ1n) is 8.99. The van der Waals surface area contributed by atoms with Crippen molar-refractivity contribution >= 4 is 5.69 Å². The molecule has 27 heavy (non-hydrogen) atoms. The highest BCUT2D eigenvalue weighted by Gasteiger charge is 2.53. The highest BCUT2D eigenvalue weighted by Crippen LogP contribution is 2.55. The zero-order valence-corrected chi connectivity index (χ0v) is 14.7. The molecule has 0 amide bonds. The molecule has 5 nitrogen and oxygen atoms in total. The fourth-order valence-electron chi connectivity index (χ4n) is 4.46. The van der Waals surface area contributed by atoms with Crippen molar-refractivity contribution in [2.75, 3.05) is 19.8 Å². The maximum atomic E-state index is 14.4. The maximum absolute atomic E-state index is 14.4. The molecule has 2 aliphatic heterocycles. The van der Waals surface area contributed by atoms with Gasteiger partial charge in [0, 0.05) is 43.3 Å². The van der Waals surface area contributed by atoms with Crippen molar-refractivity contribution in [2.24, 2.45) is 5.41 Å². The molecule has 2 saturated heterocycles. The summed E-state index contributed by atoms with van der Waals surface area (Å²) in [5, 5.41) is 10.8. The Morgan fingerprint density at radius 2 is 1.78 bits per heavy atom. The van der Waals surface area contributed by atoms with E-state index in [-0.39, 0.29) is 23.6 Å². The Labute approximate surface area is 155 Å². The number of nitro benzene ring substituents is 1. The van der Waals surface area contributed by atoms with E-state index >= 15 is 0 Å². The molecule has 7 heteroatoms. The lowest BCUT2D eigenvalue weighted by Gasteiger charge is -2.59. The van der Waals surface area contributed by atoms with E-state index in [9.17, 15) is 18.9 Å². The predicted octanol–water partition coefficient (Wildman–Crippen LogP) is 4.23. The van der Waals surface area contributed by atoms with Gasteiger partial charge in [-0.2, -0.15) is 0 Å². The second-order valence-corrected chi connectivity index (χ2v) is 7.34. The zero-order valence-electron chi connectivity index (χ0n) is 14.7. The number of nitro groups is 1. The van der Waals surface area contributed by atoms with Crippen LogP contribution in [0.4, 0.5) is 14.5 Å². The van der Waals surface area contributed by atoms with Gasteiger partial charge in [0.1, 0.15) is 11.6 Å². The van der Waals surface area contributed by atoms with Crippen molar-refractivity contribution in [1.29, 1.82) is 0 Å². The molecule has 1 spiro atoms. The summed E-state index contributed by atoms with van der Waals surface area (Å²) in [6, 6.07) is 11.6. The third kappa shape index (κ3) is 3.21. The standard InChI is InChI=1S/C20H20F2N2O3/c21-17-10-15(24(25)26)11-18(22)16(17)12-23-13-20(6-8-27-9-7-20)19(23)14-4-2-1-3-5-14/h1-5,10-11,19H,6-9,12-13H2. The van der Waals surface area contributed by atoms with Gasteiger partial charge in [-0.3, -0.25) is 15.0 Å². The van der Waals surface area contributed by atoms with Crippen molar-refractivity contribution in [3.05, 3.63) is 75.3 Å². The van der Waals surface area contributed by atoms with Crippen molar-refractivity contribution in [3.8, 4) is 0 Å². The zero-order chi connectivity index (χ0) is 19.0. The molecule has 1 atom stereocenters. The lowest BCUT2D eigenvalue weighted by Crippen LogP contribution is -2.60. The summed E-state index contributed by atoms with van der Waals surface area (Å²) in [7, 11) is 0. The molecule has 2 aromatic rings.